The number of halogens is 1. The molecule has 0 heterocycles. The molecule has 1 N–H and O–H groups in total. The van der Waals surface area contributed by atoms with E-state index in [9.17, 15) is 0 Å². The number of rotatable bonds is 6. The highest BCUT2D eigenvalue weighted by Crippen LogP contribution is 2.37. The minimum absolute atomic E-state index is 0.868. The molecule has 0 saturated heterocycles. The van der Waals surface area contributed by atoms with Gasteiger partial charge in [-0.05, 0) is 90.9 Å². The lowest BCUT2D eigenvalue weighted by molar-refractivity contribution is 0.169. The summed E-state index contributed by atoms with van der Waals surface area (Å²) in [5, 5.41) is 3.41. The predicted octanol–water partition coefficient (Wildman–Crippen LogP) is 4.89. The van der Waals surface area contributed by atoms with Crippen molar-refractivity contribution in [3.63, 3.8) is 0 Å². The van der Waals surface area contributed by atoms with Crippen LogP contribution in [0.3, 0.4) is 0 Å². The molecule has 1 fully saturated rings. The van der Waals surface area contributed by atoms with Crippen LogP contribution in [0.15, 0.2) is 24.3 Å². The molecular weight excluding hydrogens is 357 g/mol. The van der Waals surface area contributed by atoms with Crippen LogP contribution in [0.5, 0.6) is 0 Å². The summed E-state index contributed by atoms with van der Waals surface area (Å²) in [5.74, 6) is 2.71. The smallest absolute Gasteiger partial charge is 0.0130 e. The standard InChI is InChI=1S/C18H28IN/c1-3-4-14-5-8-16(13-20-2)17(11-14)12-15-6-9-18(19)10-7-15/h6-7,9-10,14,16-17,20H,3-5,8,11-13H2,1-2H3. The molecule has 0 amide bonds. The zero-order valence-electron chi connectivity index (χ0n) is 12.9. The van der Waals surface area contributed by atoms with E-state index in [1.807, 2.05) is 0 Å². The van der Waals surface area contributed by atoms with E-state index in [2.05, 4.69) is 66.1 Å². The molecule has 20 heavy (non-hydrogen) atoms. The molecule has 3 atom stereocenters. The summed E-state index contributed by atoms with van der Waals surface area (Å²) in [6, 6.07) is 9.13. The zero-order chi connectivity index (χ0) is 14.4. The molecule has 1 aliphatic carbocycles. The third-order valence-electron chi connectivity index (χ3n) is 4.82. The van der Waals surface area contributed by atoms with Gasteiger partial charge in [0, 0.05) is 3.57 Å². The summed E-state index contributed by atoms with van der Waals surface area (Å²) in [4.78, 5) is 0. The molecule has 2 rings (SSSR count). The molecule has 3 unspecified atom stereocenters. The van der Waals surface area contributed by atoms with Gasteiger partial charge in [-0.1, -0.05) is 38.3 Å². The average Bonchev–Trinajstić information content (AvgIpc) is 2.45. The molecule has 0 aliphatic heterocycles. The van der Waals surface area contributed by atoms with E-state index in [1.54, 1.807) is 0 Å². The van der Waals surface area contributed by atoms with Crippen molar-refractivity contribution in [1.82, 2.24) is 5.32 Å². The van der Waals surface area contributed by atoms with Gasteiger partial charge >= 0.3 is 0 Å². The van der Waals surface area contributed by atoms with E-state index in [1.165, 1.54) is 54.2 Å². The molecule has 1 saturated carbocycles. The zero-order valence-corrected chi connectivity index (χ0v) is 15.0. The van der Waals surface area contributed by atoms with Crippen molar-refractivity contribution < 1.29 is 0 Å². The molecule has 112 valence electrons. The Hall–Kier alpha value is -0.0900. The quantitative estimate of drug-likeness (QED) is 0.688. The second-order valence-electron chi connectivity index (χ2n) is 6.38. The highest BCUT2D eigenvalue weighted by atomic mass is 127. The Morgan fingerprint density at radius 1 is 1.15 bits per heavy atom. The molecule has 0 radical (unpaired) electrons. The van der Waals surface area contributed by atoms with Crippen LogP contribution in [0, 0.1) is 21.3 Å². The van der Waals surface area contributed by atoms with E-state index in [0.717, 1.165) is 17.8 Å². The predicted molar refractivity (Wildman–Crippen MR) is 96.0 cm³/mol. The molecular formula is C18H28IN. The van der Waals surface area contributed by atoms with Gasteiger partial charge < -0.3 is 5.32 Å². The van der Waals surface area contributed by atoms with Crippen molar-refractivity contribution in [3.8, 4) is 0 Å². The van der Waals surface area contributed by atoms with Crippen LogP contribution < -0.4 is 5.32 Å². The third-order valence-corrected chi connectivity index (χ3v) is 5.54. The molecule has 0 spiro atoms. The van der Waals surface area contributed by atoms with Crippen LogP contribution in [0.25, 0.3) is 0 Å². The Labute approximate surface area is 138 Å². The lowest BCUT2D eigenvalue weighted by Gasteiger charge is -2.36. The maximum absolute atomic E-state index is 3.41. The molecule has 0 bridgehead atoms. The summed E-state index contributed by atoms with van der Waals surface area (Å²) in [6.45, 7) is 3.52. The number of hydrogen-bond acceptors (Lipinski definition) is 1. The van der Waals surface area contributed by atoms with Gasteiger partial charge in [-0.15, -0.1) is 0 Å². The largest absolute Gasteiger partial charge is 0.319 e. The lowest BCUT2D eigenvalue weighted by atomic mass is 9.70. The Morgan fingerprint density at radius 3 is 2.55 bits per heavy atom. The molecule has 1 nitrogen and oxygen atoms in total. The van der Waals surface area contributed by atoms with Gasteiger partial charge in [0.05, 0.1) is 0 Å². The highest BCUT2D eigenvalue weighted by molar-refractivity contribution is 14.1. The van der Waals surface area contributed by atoms with Gasteiger partial charge in [0.1, 0.15) is 0 Å². The van der Waals surface area contributed by atoms with Gasteiger partial charge in [0.15, 0.2) is 0 Å². The van der Waals surface area contributed by atoms with Crippen molar-refractivity contribution in [2.24, 2.45) is 17.8 Å². The van der Waals surface area contributed by atoms with Crippen molar-refractivity contribution in [2.75, 3.05) is 13.6 Å². The van der Waals surface area contributed by atoms with Gasteiger partial charge in [-0.25, -0.2) is 0 Å². The fourth-order valence-electron chi connectivity index (χ4n) is 3.80. The van der Waals surface area contributed by atoms with Crippen LogP contribution in [-0.2, 0) is 6.42 Å². The van der Waals surface area contributed by atoms with E-state index in [0.29, 0.717) is 0 Å². The fourth-order valence-corrected chi connectivity index (χ4v) is 4.16. The van der Waals surface area contributed by atoms with Crippen LogP contribution >= 0.6 is 22.6 Å². The molecule has 1 aliphatic rings. The van der Waals surface area contributed by atoms with Gasteiger partial charge in [-0.2, -0.15) is 0 Å². The summed E-state index contributed by atoms with van der Waals surface area (Å²) in [6.07, 6.45) is 8.34. The Kier molecular flexibility index (Phi) is 6.82. The monoisotopic (exact) mass is 385 g/mol. The van der Waals surface area contributed by atoms with E-state index >= 15 is 0 Å². The first kappa shape index (κ1) is 16.3. The van der Waals surface area contributed by atoms with Crippen LogP contribution in [0.4, 0.5) is 0 Å². The summed E-state index contributed by atoms with van der Waals surface area (Å²) < 4.78 is 1.34. The maximum atomic E-state index is 3.41. The van der Waals surface area contributed by atoms with Gasteiger partial charge in [0.25, 0.3) is 0 Å². The van der Waals surface area contributed by atoms with Crippen molar-refractivity contribution >= 4 is 22.6 Å². The number of benzene rings is 1. The SMILES string of the molecule is CCCC1CCC(CNC)C(Cc2ccc(I)cc2)C1. The van der Waals surface area contributed by atoms with Gasteiger partial charge in [-0.3, -0.25) is 0 Å². The van der Waals surface area contributed by atoms with E-state index < -0.39 is 0 Å². The first-order valence-corrected chi connectivity index (χ1v) is 9.19. The average molecular weight is 385 g/mol. The minimum Gasteiger partial charge on any atom is -0.319 e. The highest BCUT2D eigenvalue weighted by Gasteiger charge is 2.29. The number of nitrogens with one attached hydrogen (secondary N) is 1. The second-order valence-corrected chi connectivity index (χ2v) is 7.62. The fraction of sp³-hybridized carbons (Fsp3) is 0.667. The van der Waals surface area contributed by atoms with Crippen LogP contribution in [-0.4, -0.2) is 13.6 Å². The van der Waals surface area contributed by atoms with E-state index in [-0.39, 0.29) is 0 Å². The third kappa shape index (κ3) is 4.73. The normalized spacial score (nSPS) is 26.6. The molecule has 2 heteroatoms. The van der Waals surface area contributed by atoms with Crippen LogP contribution in [0.2, 0.25) is 0 Å². The Balaban J connectivity index is 2.00. The first-order valence-electron chi connectivity index (χ1n) is 8.12. The molecule has 1 aromatic carbocycles. The lowest BCUT2D eigenvalue weighted by Crippen LogP contribution is -2.33. The summed E-state index contributed by atoms with van der Waals surface area (Å²) in [7, 11) is 2.10. The minimum atomic E-state index is 0.868. The Bertz CT molecular complexity index is 387. The maximum Gasteiger partial charge on any atom is 0.0130 e. The molecule has 1 aromatic rings. The molecule has 0 aromatic heterocycles. The van der Waals surface area contributed by atoms with Crippen molar-refractivity contribution in [2.45, 2.75) is 45.4 Å². The van der Waals surface area contributed by atoms with Crippen molar-refractivity contribution in [3.05, 3.63) is 33.4 Å². The van der Waals surface area contributed by atoms with Gasteiger partial charge in [0.2, 0.25) is 0 Å². The van der Waals surface area contributed by atoms with Crippen LogP contribution in [0.1, 0.15) is 44.6 Å². The summed E-state index contributed by atoms with van der Waals surface area (Å²) >= 11 is 2.39. The number of hydrogen-bond donors (Lipinski definition) is 1. The summed E-state index contributed by atoms with van der Waals surface area (Å²) in [5.41, 5.74) is 1.52. The van der Waals surface area contributed by atoms with E-state index in [4.69, 9.17) is 0 Å². The Morgan fingerprint density at radius 2 is 1.90 bits per heavy atom. The van der Waals surface area contributed by atoms with Crippen molar-refractivity contribution in [1.29, 1.82) is 0 Å². The topological polar surface area (TPSA) is 12.0 Å². The first-order chi connectivity index (χ1) is 9.72. The second kappa shape index (κ2) is 8.38.